The highest BCUT2D eigenvalue weighted by molar-refractivity contribution is 7.71. The third kappa shape index (κ3) is 2.19. The summed E-state index contributed by atoms with van der Waals surface area (Å²) in [4.78, 5) is 3.23. The first kappa shape index (κ1) is 12.4. The molecule has 3 rings (SSSR count). The molecule has 0 amide bonds. The zero-order valence-corrected chi connectivity index (χ0v) is 12.4. The molecule has 2 aromatic heterocycles. The van der Waals surface area contributed by atoms with Gasteiger partial charge in [0.05, 0.1) is 24.7 Å². The Balaban J connectivity index is 2.11. The number of thiophene rings is 1. The molecule has 0 saturated heterocycles. The SMILES string of the molecule is COc1ccc2c(c1)[nH]c(=S)n2Cc1cscc1C. The molecule has 0 bridgehead atoms. The molecular weight excluding hydrogens is 276 g/mol. The molecule has 0 aliphatic heterocycles. The molecule has 0 atom stereocenters. The van der Waals surface area contributed by atoms with E-state index in [1.54, 1.807) is 18.4 Å². The Kier molecular flexibility index (Phi) is 3.16. The molecule has 5 heteroatoms. The Morgan fingerprint density at radius 1 is 1.37 bits per heavy atom. The van der Waals surface area contributed by atoms with E-state index in [2.05, 4.69) is 27.2 Å². The number of benzene rings is 1. The topological polar surface area (TPSA) is 29.9 Å². The molecule has 0 radical (unpaired) electrons. The van der Waals surface area contributed by atoms with Gasteiger partial charge in [-0.2, -0.15) is 11.3 Å². The molecule has 0 aliphatic rings. The van der Waals surface area contributed by atoms with Crippen LogP contribution in [0.1, 0.15) is 11.1 Å². The number of imidazole rings is 1. The number of aryl methyl sites for hydroxylation is 1. The van der Waals surface area contributed by atoms with Gasteiger partial charge in [-0.25, -0.2) is 0 Å². The lowest BCUT2D eigenvalue weighted by molar-refractivity contribution is 0.415. The Morgan fingerprint density at radius 2 is 2.21 bits per heavy atom. The molecule has 0 aliphatic carbocycles. The second-order valence-electron chi connectivity index (χ2n) is 4.48. The molecule has 3 nitrogen and oxygen atoms in total. The van der Waals surface area contributed by atoms with Gasteiger partial charge in [-0.15, -0.1) is 0 Å². The van der Waals surface area contributed by atoms with Gasteiger partial charge in [-0.3, -0.25) is 0 Å². The Hall–Kier alpha value is -1.59. The fraction of sp³-hybridized carbons (Fsp3) is 0.214. The van der Waals surface area contributed by atoms with Crippen LogP contribution < -0.4 is 4.74 Å². The summed E-state index contributed by atoms with van der Waals surface area (Å²) in [6, 6.07) is 5.98. The highest BCUT2D eigenvalue weighted by Crippen LogP contribution is 2.23. The normalized spacial score (nSPS) is 11.1. The quantitative estimate of drug-likeness (QED) is 0.735. The Labute approximate surface area is 120 Å². The molecule has 98 valence electrons. The maximum absolute atomic E-state index is 5.42. The van der Waals surface area contributed by atoms with Gasteiger partial charge in [0.15, 0.2) is 4.77 Å². The summed E-state index contributed by atoms with van der Waals surface area (Å²) in [5, 5.41) is 4.34. The molecule has 0 unspecified atom stereocenters. The number of aromatic amines is 1. The Bertz CT molecular complexity index is 782. The van der Waals surface area contributed by atoms with Crippen LogP contribution in [0.4, 0.5) is 0 Å². The smallest absolute Gasteiger partial charge is 0.178 e. The molecule has 19 heavy (non-hydrogen) atoms. The monoisotopic (exact) mass is 290 g/mol. The van der Waals surface area contributed by atoms with E-state index in [0.29, 0.717) is 0 Å². The number of nitrogens with one attached hydrogen (secondary N) is 1. The number of ether oxygens (including phenoxy) is 1. The summed E-state index contributed by atoms with van der Waals surface area (Å²) in [7, 11) is 1.67. The first-order chi connectivity index (χ1) is 9.19. The molecule has 0 saturated carbocycles. The number of methoxy groups -OCH3 is 1. The number of H-pyrrole nitrogens is 1. The summed E-state index contributed by atoms with van der Waals surface area (Å²) in [6.45, 7) is 2.94. The number of rotatable bonds is 3. The van der Waals surface area contributed by atoms with Crippen LogP contribution in [-0.4, -0.2) is 16.7 Å². The van der Waals surface area contributed by atoms with Gasteiger partial charge in [0.1, 0.15) is 5.75 Å². The van der Waals surface area contributed by atoms with Crippen molar-refractivity contribution in [3.63, 3.8) is 0 Å². The van der Waals surface area contributed by atoms with Crippen LogP contribution >= 0.6 is 23.6 Å². The number of hydrogen-bond acceptors (Lipinski definition) is 3. The zero-order valence-electron chi connectivity index (χ0n) is 10.8. The summed E-state index contributed by atoms with van der Waals surface area (Å²) >= 11 is 7.15. The van der Waals surface area contributed by atoms with Gasteiger partial charge >= 0.3 is 0 Å². The van der Waals surface area contributed by atoms with Gasteiger partial charge in [0.25, 0.3) is 0 Å². The number of fused-ring (bicyclic) bond motifs is 1. The summed E-state index contributed by atoms with van der Waals surface area (Å²) in [5.41, 5.74) is 4.75. The second kappa shape index (κ2) is 4.83. The molecule has 2 heterocycles. The predicted octanol–water partition coefficient (Wildman–Crippen LogP) is 4.13. The van der Waals surface area contributed by atoms with E-state index in [0.717, 1.165) is 28.1 Å². The van der Waals surface area contributed by atoms with E-state index in [4.69, 9.17) is 17.0 Å². The van der Waals surface area contributed by atoms with Crippen molar-refractivity contribution in [2.45, 2.75) is 13.5 Å². The second-order valence-corrected chi connectivity index (χ2v) is 5.61. The van der Waals surface area contributed by atoms with Crippen LogP contribution in [0.3, 0.4) is 0 Å². The van der Waals surface area contributed by atoms with E-state index in [1.165, 1.54) is 11.1 Å². The van der Waals surface area contributed by atoms with Crippen molar-refractivity contribution in [3.8, 4) is 5.75 Å². The van der Waals surface area contributed by atoms with Crippen molar-refractivity contribution in [1.82, 2.24) is 9.55 Å². The minimum absolute atomic E-state index is 0.744. The van der Waals surface area contributed by atoms with Crippen LogP contribution in [0.25, 0.3) is 11.0 Å². The zero-order chi connectivity index (χ0) is 13.4. The van der Waals surface area contributed by atoms with Gasteiger partial charge in [0.2, 0.25) is 0 Å². The van der Waals surface area contributed by atoms with Crippen LogP contribution in [-0.2, 0) is 6.54 Å². The fourth-order valence-electron chi connectivity index (χ4n) is 2.15. The minimum Gasteiger partial charge on any atom is -0.497 e. The third-order valence-electron chi connectivity index (χ3n) is 3.27. The average molecular weight is 290 g/mol. The number of aromatic nitrogens is 2. The number of nitrogens with zero attached hydrogens (tertiary/aromatic N) is 1. The predicted molar refractivity (Wildman–Crippen MR) is 81.8 cm³/mol. The number of hydrogen-bond donors (Lipinski definition) is 1. The highest BCUT2D eigenvalue weighted by Gasteiger charge is 2.08. The van der Waals surface area contributed by atoms with E-state index < -0.39 is 0 Å². The lowest BCUT2D eigenvalue weighted by atomic mass is 10.2. The van der Waals surface area contributed by atoms with Crippen molar-refractivity contribution in [1.29, 1.82) is 0 Å². The summed E-state index contributed by atoms with van der Waals surface area (Å²) in [5.74, 6) is 0.836. The van der Waals surface area contributed by atoms with Crippen molar-refractivity contribution >= 4 is 34.6 Å². The van der Waals surface area contributed by atoms with Crippen molar-refractivity contribution in [2.75, 3.05) is 7.11 Å². The van der Waals surface area contributed by atoms with E-state index in [1.807, 2.05) is 18.2 Å². The average Bonchev–Trinajstić information content (AvgIpc) is 2.94. The minimum atomic E-state index is 0.744. The molecule has 1 N–H and O–H groups in total. The van der Waals surface area contributed by atoms with Crippen LogP contribution in [0.2, 0.25) is 0 Å². The van der Waals surface area contributed by atoms with E-state index in [9.17, 15) is 0 Å². The maximum Gasteiger partial charge on any atom is 0.178 e. The van der Waals surface area contributed by atoms with Crippen molar-refractivity contribution < 1.29 is 4.74 Å². The van der Waals surface area contributed by atoms with E-state index in [-0.39, 0.29) is 0 Å². The van der Waals surface area contributed by atoms with E-state index >= 15 is 0 Å². The standard InChI is InChI=1S/C14H14N2OS2/c1-9-7-19-8-10(9)6-16-13-4-3-11(17-2)5-12(13)15-14(16)18/h3-5,7-8H,6H2,1-2H3,(H,15,18). The van der Waals surface area contributed by atoms with Gasteiger partial charge in [0, 0.05) is 6.07 Å². The van der Waals surface area contributed by atoms with Gasteiger partial charge < -0.3 is 14.3 Å². The summed E-state index contributed by atoms with van der Waals surface area (Å²) in [6.07, 6.45) is 0. The van der Waals surface area contributed by atoms with Crippen LogP contribution in [0.15, 0.2) is 29.0 Å². The maximum atomic E-state index is 5.42. The summed E-state index contributed by atoms with van der Waals surface area (Å²) < 4.78 is 8.10. The largest absolute Gasteiger partial charge is 0.497 e. The van der Waals surface area contributed by atoms with Crippen LogP contribution in [0, 0.1) is 11.7 Å². The molecule has 0 spiro atoms. The fourth-order valence-corrected chi connectivity index (χ4v) is 3.27. The highest BCUT2D eigenvalue weighted by atomic mass is 32.1. The van der Waals surface area contributed by atoms with Gasteiger partial charge in [-0.05, 0) is 53.2 Å². The third-order valence-corrected chi connectivity index (χ3v) is 4.50. The molecular formula is C14H14N2OS2. The van der Waals surface area contributed by atoms with Crippen molar-refractivity contribution in [2.24, 2.45) is 0 Å². The van der Waals surface area contributed by atoms with Crippen LogP contribution in [0.5, 0.6) is 5.75 Å². The lowest BCUT2D eigenvalue weighted by Crippen LogP contribution is -1.99. The van der Waals surface area contributed by atoms with Gasteiger partial charge in [-0.1, -0.05) is 0 Å². The first-order valence-electron chi connectivity index (χ1n) is 5.97. The first-order valence-corrected chi connectivity index (χ1v) is 7.32. The molecule has 1 aromatic carbocycles. The lowest BCUT2D eigenvalue weighted by Gasteiger charge is -2.05. The molecule has 0 fully saturated rings. The molecule has 3 aromatic rings. The van der Waals surface area contributed by atoms with Crippen molar-refractivity contribution in [3.05, 3.63) is 44.9 Å². The Morgan fingerprint density at radius 3 is 2.89 bits per heavy atom.